The molecule has 0 aliphatic heterocycles. The third-order valence-corrected chi connectivity index (χ3v) is 2.98. The molecule has 0 heteroatoms. The molecular weight excluding hydrogens is 120 g/mol. The third kappa shape index (κ3) is 1.12. The molecule has 56 valence electrons. The maximum atomic E-state index is 2.48. The standard InChI is InChI=1S/C10H16/c1-2-8-3-4-10(7-8)9-5-6-9/h3,9-10H,2,4-7H2,1H3. The molecule has 0 spiro atoms. The fourth-order valence-electron chi connectivity index (χ4n) is 2.04. The largest absolute Gasteiger partial charge is 0.0850 e. The van der Waals surface area contributed by atoms with E-state index in [1.807, 2.05) is 0 Å². The van der Waals surface area contributed by atoms with Crippen LogP contribution in [-0.2, 0) is 0 Å². The molecule has 1 atom stereocenters. The molecular formula is C10H16. The molecule has 0 bridgehead atoms. The second kappa shape index (κ2) is 2.41. The van der Waals surface area contributed by atoms with E-state index < -0.39 is 0 Å². The van der Waals surface area contributed by atoms with Gasteiger partial charge in [0.2, 0.25) is 0 Å². The number of hydrogen-bond acceptors (Lipinski definition) is 0. The van der Waals surface area contributed by atoms with Crippen molar-refractivity contribution in [3.05, 3.63) is 11.6 Å². The van der Waals surface area contributed by atoms with Crippen LogP contribution in [0.5, 0.6) is 0 Å². The van der Waals surface area contributed by atoms with Gasteiger partial charge in [0.25, 0.3) is 0 Å². The molecule has 0 radical (unpaired) electrons. The summed E-state index contributed by atoms with van der Waals surface area (Å²) in [7, 11) is 0. The van der Waals surface area contributed by atoms with E-state index in [1.54, 1.807) is 5.57 Å². The lowest BCUT2D eigenvalue weighted by atomic mass is 9.99. The van der Waals surface area contributed by atoms with Gasteiger partial charge >= 0.3 is 0 Å². The predicted molar refractivity (Wildman–Crippen MR) is 43.8 cm³/mol. The Kier molecular flexibility index (Phi) is 1.55. The Morgan fingerprint density at radius 2 is 2.20 bits per heavy atom. The van der Waals surface area contributed by atoms with Crippen molar-refractivity contribution in [3.63, 3.8) is 0 Å². The van der Waals surface area contributed by atoms with Crippen LogP contribution < -0.4 is 0 Å². The first-order valence-corrected chi connectivity index (χ1v) is 4.58. The van der Waals surface area contributed by atoms with Crippen LogP contribution in [0.3, 0.4) is 0 Å². The van der Waals surface area contributed by atoms with E-state index in [4.69, 9.17) is 0 Å². The van der Waals surface area contributed by atoms with Crippen LogP contribution in [0.15, 0.2) is 11.6 Å². The minimum atomic E-state index is 1.06. The molecule has 10 heavy (non-hydrogen) atoms. The van der Waals surface area contributed by atoms with Gasteiger partial charge in [0.1, 0.15) is 0 Å². The topological polar surface area (TPSA) is 0 Å². The molecule has 0 N–H and O–H groups in total. The lowest BCUT2D eigenvalue weighted by Gasteiger charge is -2.06. The SMILES string of the molecule is CCC1=CCC(C2CC2)C1. The van der Waals surface area contributed by atoms with E-state index in [-0.39, 0.29) is 0 Å². The highest BCUT2D eigenvalue weighted by atomic mass is 14.4. The fraction of sp³-hybridized carbons (Fsp3) is 0.800. The summed E-state index contributed by atoms with van der Waals surface area (Å²) in [6.45, 7) is 2.28. The summed E-state index contributed by atoms with van der Waals surface area (Å²) in [6.07, 6.45) is 9.65. The zero-order chi connectivity index (χ0) is 6.97. The van der Waals surface area contributed by atoms with Crippen molar-refractivity contribution in [1.29, 1.82) is 0 Å². The molecule has 1 fully saturated rings. The van der Waals surface area contributed by atoms with Gasteiger partial charge in [-0.25, -0.2) is 0 Å². The van der Waals surface area contributed by atoms with Crippen molar-refractivity contribution < 1.29 is 0 Å². The molecule has 0 nitrogen and oxygen atoms in total. The van der Waals surface area contributed by atoms with Crippen LogP contribution in [0, 0.1) is 11.8 Å². The lowest BCUT2D eigenvalue weighted by Crippen LogP contribution is -1.96. The van der Waals surface area contributed by atoms with E-state index in [1.165, 1.54) is 32.1 Å². The maximum Gasteiger partial charge on any atom is -0.0286 e. The summed E-state index contributed by atoms with van der Waals surface area (Å²) >= 11 is 0. The molecule has 1 unspecified atom stereocenters. The molecule has 0 heterocycles. The van der Waals surface area contributed by atoms with Crippen LogP contribution >= 0.6 is 0 Å². The first-order valence-electron chi connectivity index (χ1n) is 4.58. The van der Waals surface area contributed by atoms with Crippen molar-refractivity contribution in [3.8, 4) is 0 Å². The number of hydrogen-bond donors (Lipinski definition) is 0. The van der Waals surface area contributed by atoms with E-state index in [0.717, 1.165) is 11.8 Å². The van der Waals surface area contributed by atoms with Crippen LogP contribution in [0.1, 0.15) is 39.0 Å². The summed E-state index contributed by atoms with van der Waals surface area (Å²) in [6, 6.07) is 0. The highest BCUT2D eigenvalue weighted by Gasteiger charge is 2.32. The molecule has 0 aromatic heterocycles. The molecule has 2 aliphatic carbocycles. The first-order chi connectivity index (χ1) is 4.90. The fourth-order valence-corrected chi connectivity index (χ4v) is 2.04. The molecule has 1 saturated carbocycles. The van der Waals surface area contributed by atoms with Crippen molar-refractivity contribution in [2.75, 3.05) is 0 Å². The lowest BCUT2D eigenvalue weighted by molar-refractivity contribution is 0.488. The van der Waals surface area contributed by atoms with Gasteiger partial charge in [-0.15, -0.1) is 0 Å². The molecule has 2 aliphatic rings. The average Bonchev–Trinajstić information content (AvgIpc) is 2.70. The van der Waals surface area contributed by atoms with Gasteiger partial charge < -0.3 is 0 Å². The van der Waals surface area contributed by atoms with E-state index in [0.29, 0.717) is 0 Å². The van der Waals surface area contributed by atoms with Gasteiger partial charge in [-0.2, -0.15) is 0 Å². The van der Waals surface area contributed by atoms with Crippen LogP contribution in [0.4, 0.5) is 0 Å². The minimum absolute atomic E-state index is 1.06. The summed E-state index contributed by atoms with van der Waals surface area (Å²) < 4.78 is 0. The highest BCUT2D eigenvalue weighted by molar-refractivity contribution is 5.11. The Hall–Kier alpha value is -0.260. The van der Waals surface area contributed by atoms with Crippen molar-refractivity contribution in [1.82, 2.24) is 0 Å². The Morgan fingerprint density at radius 3 is 2.70 bits per heavy atom. The molecule has 0 saturated heterocycles. The van der Waals surface area contributed by atoms with Crippen LogP contribution in [-0.4, -0.2) is 0 Å². The van der Waals surface area contributed by atoms with Gasteiger partial charge in [-0.1, -0.05) is 18.6 Å². The molecule has 0 aromatic rings. The van der Waals surface area contributed by atoms with E-state index in [9.17, 15) is 0 Å². The van der Waals surface area contributed by atoms with Gasteiger partial charge in [0.15, 0.2) is 0 Å². The Bertz CT molecular complexity index is 151. The maximum absolute atomic E-state index is 2.48. The zero-order valence-corrected chi connectivity index (χ0v) is 6.77. The monoisotopic (exact) mass is 136 g/mol. The molecule has 0 amide bonds. The minimum Gasteiger partial charge on any atom is -0.0850 e. The number of rotatable bonds is 2. The summed E-state index contributed by atoms with van der Waals surface area (Å²) in [5.41, 5.74) is 1.72. The van der Waals surface area contributed by atoms with Crippen LogP contribution in [0.25, 0.3) is 0 Å². The number of allylic oxidation sites excluding steroid dienone is 2. The van der Waals surface area contributed by atoms with Gasteiger partial charge in [-0.3, -0.25) is 0 Å². The molecule has 2 rings (SSSR count). The summed E-state index contributed by atoms with van der Waals surface area (Å²) in [4.78, 5) is 0. The Morgan fingerprint density at radius 1 is 1.40 bits per heavy atom. The first kappa shape index (κ1) is 6.45. The smallest absolute Gasteiger partial charge is 0.0286 e. The average molecular weight is 136 g/mol. The summed E-state index contributed by atoms with van der Waals surface area (Å²) in [5.74, 6) is 2.19. The van der Waals surface area contributed by atoms with Crippen molar-refractivity contribution >= 4 is 0 Å². The Labute approximate surface area is 63.3 Å². The van der Waals surface area contributed by atoms with Gasteiger partial charge in [0, 0.05) is 0 Å². The predicted octanol–water partition coefficient (Wildman–Crippen LogP) is 3.14. The van der Waals surface area contributed by atoms with Gasteiger partial charge in [-0.05, 0) is 43.9 Å². The van der Waals surface area contributed by atoms with E-state index in [2.05, 4.69) is 13.0 Å². The Balaban J connectivity index is 1.86. The third-order valence-electron chi connectivity index (χ3n) is 2.98. The second-order valence-corrected chi connectivity index (χ2v) is 3.75. The van der Waals surface area contributed by atoms with E-state index >= 15 is 0 Å². The second-order valence-electron chi connectivity index (χ2n) is 3.75. The highest BCUT2D eigenvalue weighted by Crippen LogP contribution is 2.44. The zero-order valence-electron chi connectivity index (χ0n) is 6.77. The van der Waals surface area contributed by atoms with Crippen molar-refractivity contribution in [2.45, 2.75) is 39.0 Å². The molecule has 0 aromatic carbocycles. The van der Waals surface area contributed by atoms with Crippen molar-refractivity contribution in [2.24, 2.45) is 11.8 Å². The normalized spacial score (nSPS) is 32.5. The van der Waals surface area contributed by atoms with Crippen LogP contribution in [0.2, 0.25) is 0 Å². The quantitative estimate of drug-likeness (QED) is 0.511. The van der Waals surface area contributed by atoms with Gasteiger partial charge in [0.05, 0.1) is 0 Å². The summed E-state index contributed by atoms with van der Waals surface area (Å²) in [5, 5.41) is 0.